The van der Waals surface area contributed by atoms with Crippen LogP contribution in [0.3, 0.4) is 0 Å². The van der Waals surface area contributed by atoms with Crippen LogP contribution in [0.2, 0.25) is 0 Å². The molecule has 0 saturated heterocycles. The van der Waals surface area contributed by atoms with Crippen molar-refractivity contribution in [3.63, 3.8) is 0 Å². The number of thiocarbonyl (C=S) groups is 2. The summed E-state index contributed by atoms with van der Waals surface area (Å²) in [6, 6.07) is 0. The predicted octanol–water partition coefficient (Wildman–Crippen LogP) is 3.88. The molecule has 120 valence electrons. The smallest absolute Gasteiger partial charge is 0.411 e. The maximum atomic E-state index is 4.87. The van der Waals surface area contributed by atoms with Crippen molar-refractivity contribution in [3.8, 4) is 0 Å². The zero-order valence-corrected chi connectivity index (χ0v) is 20.1. The first-order valence-electron chi connectivity index (χ1n) is 7.36. The SMILES string of the molecule is CCCCN(CC)C(=S)[S-].CCCCN(CC)C(=S)[S-].[Zn+2]. The Labute approximate surface area is 166 Å². The maximum absolute atomic E-state index is 4.87. The zero-order valence-electron chi connectivity index (χ0n) is 13.9. The van der Waals surface area contributed by atoms with Gasteiger partial charge in [0.15, 0.2) is 0 Å². The van der Waals surface area contributed by atoms with Crippen molar-refractivity contribution in [2.45, 2.75) is 53.4 Å². The van der Waals surface area contributed by atoms with Crippen LogP contribution < -0.4 is 0 Å². The number of hydrogen-bond acceptors (Lipinski definition) is 4. The van der Waals surface area contributed by atoms with E-state index in [1.807, 2.05) is 9.80 Å². The van der Waals surface area contributed by atoms with E-state index in [0.717, 1.165) is 26.2 Å². The summed E-state index contributed by atoms with van der Waals surface area (Å²) in [7, 11) is 0. The van der Waals surface area contributed by atoms with E-state index in [2.05, 4.69) is 27.7 Å². The molecule has 0 aliphatic carbocycles. The molecule has 0 N–H and O–H groups in total. The van der Waals surface area contributed by atoms with Crippen LogP contribution in [0.4, 0.5) is 0 Å². The average molecular weight is 418 g/mol. The molecule has 0 aromatic rings. The largest absolute Gasteiger partial charge is 2.00 e. The van der Waals surface area contributed by atoms with Crippen LogP contribution in [0.1, 0.15) is 53.4 Å². The topological polar surface area (TPSA) is 6.48 Å². The molecule has 0 bridgehead atoms. The Balaban J connectivity index is -0.000000295. The molecule has 0 unspecified atom stereocenters. The van der Waals surface area contributed by atoms with Gasteiger partial charge in [0.1, 0.15) is 0 Å². The second kappa shape index (κ2) is 18.9. The molecule has 21 heavy (non-hydrogen) atoms. The summed E-state index contributed by atoms with van der Waals surface area (Å²) in [6.45, 7) is 12.4. The van der Waals surface area contributed by atoms with Gasteiger partial charge in [0, 0.05) is 26.2 Å². The van der Waals surface area contributed by atoms with E-state index < -0.39 is 0 Å². The standard InChI is InChI=1S/2C7H15NS2.Zn/c2*1-3-5-6-8(4-2)7(9)10;/h2*3-6H2,1-2H3,(H,9,10);/q;;+2/p-2. The third kappa shape index (κ3) is 17.0. The number of hydrogen-bond donors (Lipinski definition) is 0. The van der Waals surface area contributed by atoms with E-state index in [1.54, 1.807) is 0 Å². The van der Waals surface area contributed by atoms with Crippen molar-refractivity contribution in [2.24, 2.45) is 0 Å². The number of unbranched alkanes of at least 4 members (excludes halogenated alkanes) is 2. The van der Waals surface area contributed by atoms with Crippen molar-refractivity contribution < 1.29 is 19.5 Å². The van der Waals surface area contributed by atoms with Gasteiger partial charge in [0.25, 0.3) is 0 Å². The van der Waals surface area contributed by atoms with Crippen LogP contribution >= 0.6 is 24.4 Å². The molecule has 0 spiro atoms. The minimum absolute atomic E-state index is 0. The zero-order chi connectivity index (χ0) is 16.0. The quantitative estimate of drug-likeness (QED) is 0.333. The van der Waals surface area contributed by atoms with Crippen LogP contribution in [0.5, 0.6) is 0 Å². The summed E-state index contributed by atoms with van der Waals surface area (Å²) < 4.78 is 1.21. The van der Waals surface area contributed by atoms with Gasteiger partial charge in [-0.3, -0.25) is 0 Å². The molecule has 0 rings (SSSR count). The van der Waals surface area contributed by atoms with Gasteiger partial charge in [-0.1, -0.05) is 35.3 Å². The second-order valence-corrected chi connectivity index (χ2v) is 6.46. The molecule has 0 heterocycles. The van der Waals surface area contributed by atoms with Crippen molar-refractivity contribution in [2.75, 3.05) is 26.2 Å². The summed E-state index contributed by atoms with van der Waals surface area (Å²) in [4.78, 5) is 4.10. The molecule has 0 amide bonds. The Hall–Kier alpha value is 0.843. The summed E-state index contributed by atoms with van der Waals surface area (Å²) >= 11 is 19.5. The molecule has 0 atom stereocenters. The van der Waals surface area contributed by atoms with E-state index in [4.69, 9.17) is 49.7 Å². The van der Waals surface area contributed by atoms with E-state index in [9.17, 15) is 0 Å². The first-order valence-corrected chi connectivity index (χ1v) is 8.99. The van der Waals surface area contributed by atoms with Crippen molar-refractivity contribution >= 4 is 58.3 Å². The van der Waals surface area contributed by atoms with Gasteiger partial charge in [0.05, 0.1) is 0 Å². The molecular formula is C14H28N2S4Zn. The Kier molecular flexibility index (Phi) is 24.0. The van der Waals surface area contributed by atoms with Gasteiger partial charge in [-0.2, -0.15) is 0 Å². The molecule has 0 aromatic heterocycles. The first kappa shape index (κ1) is 26.7. The molecule has 0 aliphatic heterocycles. The second-order valence-electron chi connectivity index (χ2n) is 4.40. The van der Waals surface area contributed by atoms with Crippen LogP contribution in [0, 0.1) is 0 Å². The Bertz CT molecular complexity index is 239. The molecular weight excluding hydrogens is 390 g/mol. The van der Waals surface area contributed by atoms with Gasteiger partial charge in [0.2, 0.25) is 0 Å². The molecule has 0 fully saturated rings. The molecule has 7 heteroatoms. The molecule has 2 nitrogen and oxygen atoms in total. The molecule has 0 aliphatic rings. The summed E-state index contributed by atoms with van der Waals surface area (Å²) in [5, 5.41) is 0. The summed E-state index contributed by atoms with van der Waals surface area (Å²) in [5.74, 6) is 0. The van der Waals surface area contributed by atoms with Gasteiger partial charge < -0.3 is 59.5 Å². The first-order chi connectivity index (χ1) is 9.44. The summed E-state index contributed by atoms with van der Waals surface area (Å²) in [5.41, 5.74) is 0. The van der Waals surface area contributed by atoms with E-state index in [-0.39, 0.29) is 19.5 Å². The third-order valence-electron chi connectivity index (χ3n) is 2.84. The fraction of sp³-hybridized carbons (Fsp3) is 0.857. The van der Waals surface area contributed by atoms with Crippen LogP contribution in [-0.2, 0) is 44.7 Å². The van der Waals surface area contributed by atoms with E-state index in [1.165, 1.54) is 25.7 Å². The van der Waals surface area contributed by atoms with Gasteiger partial charge >= 0.3 is 19.5 Å². The molecule has 0 aromatic carbocycles. The van der Waals surface area contributed by atoms with E-state index >= 15 is 0 Å². The van der Waals surface area contributed by atoms with Gasteiger partial charge in [-0.05, 0) is 26.7 Å². The van der Waals surface area contributed by atoms with Crippen molar-refractivity contribution in [1.29, 1.82) is 0 Å². The normalized spacial score (nSPS) is 8.95. The average Bonchev–Trinajstić information content (AvgIpc) is 2.40. The number of rotatable bonds is 8. The minimum atomic E-state index is 0. The van der Waals surface area contributed by atoms with Crippen molar-refractivity contribution in [3.05, 3.63) is 0 Å². The third-order valence-corrected chi connectivity index (χ3v) is 3.88. The number of nitrogens with zero attached hydrogens (tertiary/aromatic N) is 2. The predicted molar refractivity (Wildman–Crippen MR) is 104 cm³/mol. The van der Waals surface area contributed by atoms with Gasteiger partial charge in [-0.25, -0.2) is 0 Å². The van der Waals surface area contributed by atoms with Crippen molar-refractivity contribution in [1.82, 2.24) is 9.80 Å². The Morgan fingerprint density at radius 2 is 1.05 bits per heavy atom. The molecule has 0 saturated carbocycles. The fourth-order valence-corrected chi connectivity index (χ4v) is 2.34. The Morgan fingerprint density at radius 3 is 1.19 bits per heavy atom. The van der Waals surface area contributed by atoms with Gasteiger partial charge in [-0.15, -0.1) is 0 Å². The monoisotopic (exact) mass is 416 g/mol. The Morgan fingerprint density at radius 1 is 0.762 bits per heavy atom. The maximum Gasteiger partial charge on any atom is 2.00 e. The summed E-state index contributed by atoms with van der Waals surface area (Å²) in [6.07, 6.45) is 4.78. The minimum Gasteiger partial charge on any atom is -0.411 e. The molecule has 0 radical (unpaired) electrons. The van der Waals surface area contributed by atoms with E-state index in [0.29, 0.717) is 8.64 Å². The van der Waals surface area contributed by atoms with Crippen LogP contribution in [0.25, 0.3) is 0 Å². The van der Waals surface area contributed by atoms with Crippen LogP contribution in [-0.4, -0.2) is 44.6 Å². The van der Waals surface area contributed by atoms with Crippen LogP contribution in [0.15, 0.2) is 0 Å². The fourth-order valence-electron chi connectivity index (χ4n) is 1.45.